The number of piperidine rings is 1. The number of hydrogen-bond acceptors (Lipinski definition) is 4. The van der Waals surface area contributed by atoms with Crippen molar-refractivity contribution < 1.29 is 22.7 Å². The molecule has 25 heavy (non-hydrogen) atoms. The second-order valence-electron chi connectivity index (χ2n) is 6.63. The highest BCUT2D eigenvalue weighted by atomic mass is 19.4. The first kappa shape index (κ1) is 17.8. The minimum atomic E-state index is -4.43. The fraction of sp³-hybridized carbons (Fsp3) is 0.556. The molecule has 0 aromatic carbocycles. The first-order valence-corrected chi connectivity index (χ1v) is 8.50. The highest BCUT2D eigenvalue weighted by Gasteiger charge is 2.36. The van der Waals surface area contributed by atoms with E-state index in [-0.39, 0.29) is 17.6 Å². The number of alkyl halides is 3. The number of halogens is 3. The van der Waals surface area contributed by atoms with Gasteiger partial charge in [-0.05, 0) is 37.3 Å². The molecule has 0 radical (unpaired) electrons. The molecule has 0 bridgehead atoms. The number of pyridine rings is 1. The number of fused-ring (bicyclic) bond motifs is 3. The lowest BCUT2D eigenvalue weighted by Gasteiger charge is -2.39. The Morgan fingerprint density at radius 1 is 1.44 bits per heavy atom. The van der Waals surface area contributed by atoms with E-state index in [2.05, 4.69) is 16.5 Å². The second kappa shape index (κ2) is 7.06. The number of carbonyl (C=O) groups is 1. The highest BCUT2D eigenvalue weighted by Crippen LogP contribution is 2.40. The molecular weight excluding hydrogens is 333 g/mol. The molecule has 1 saturated heterocycles. The van der Waals surface area contributed by atoms with Crippen molar-refractivity contribution in [1.82, 2.24) is 4.98 Å². The Labute approximate surface area is 144 Å². The minimum absolute atomic E-state index is 0.0540. The maximum Gasteiger partial charge on any atom is 0.418 e. The zero-order valence-corrected chi connectivity index (χ0v) is 13.9. The largest absolute Gasteiger partial charge is 0.490 e. The summed E-state index contributed by atoms with van der Waals surface area (Å²) in [6.45, 7) is 4.57. The van der Waals surface area contributed by atoms with E-state index in [1.807, 2.05) is 0 Å². The Balaban J connectivity index is 1.74. The van der Waals surface area contributed by atoms with E-state index < -0.39 is 11.7 Å². The highest BCUT2D eigenvalue weighted by molar-refractivity contribution is 5.88. The maximum absolute atomic E-state index is 12.9. The SMILES string of the molecule is C=CC(=O)CCC1CCN2c3ncc(C(F)(F)F)cc3OCC[C@H]2C1. The van der Waals surface area contributed by atoms with E-state index in [4.69, 9.17) is 4.74 Å². The molecule has 2 aliphatic rings. The maximum atomic E-state index is 12.9. The minimum Gasteiger partial charge on any atom is -0.490 e. The Hall–Kier alpha value is -2.05. The lowest BCUT2D eigenvalue weighted by molar-refractivity contribution is -0.137. The van der Waals surface area contributed by atoms with Crippen LogP contribution >= 0.6 is 0 Å². The summed E-state index contributed by atoms with van der Waals surface area (Å²) in [6.07, 6.45) is 1.65. The van der Waals surface area contributed by atoms with Gasteiger partial charge in [0.05, 0.1) is 12.2 Å². The summed E-state index contributed by atoms with van der Waals surface area (Å²) in [6, 6.07) is 1.22. The summed E-state index contributed by atoms with van der Waals surface area (Å²) in [7, 11) is 0. The lowest BCUT2D eigenvalue weighted by atomic mass is 9.86. The van der Waals surface area contributed by atoms with Gasteiger partial charge in [-0.15, -0.1) is 0 Å². The first-order chi connectivity index (χ1) is 11.9. The van der Waals surface area contributed by atoms with Crippen molar-refractivity contribution in [3.05, 3.63) is 30.5 Å². The van der Waals surface area contributed by atoms with Gasteiger partial charge >= 0.3 is 6.18 Å². The van der Waals surface area contributed by atoms with E-state index in [0.717, 1.165) is 37.9 Å². The Kier molecular flexibility index (Phi) is 5.01. The molecule has 136 valence electrons. The predicted molar refractivity (Wildman–Crippen MR) is 87.6 cm³/mol. The van der Waals surface area contributed by atoms with Gasteiger partial charge in [-0.25, -0.2) is 4.98 Å². The van der Waals surface area contributed by atoms with Crippen LogP contribution in [0.3, 0.4) is 0 Å². The number of ketones is 1. The van der Waals surface area contributed by atoms with Crippen molar-refractivity contribution in [3.8, 4) is 5.75 Å². The van der Waals surface area contributed by atoms with E-state index in [9.17, 15) is 18.0 Å². The molecule has 3 rings (SSSR count). The van der Waals surface area contributed by atoms with Gasteiger partial charge in [0.25, 0.3) is 0 Å². The molecule has 1 aromatic rings. The molecule has 3 heterocycles. The molecule has 0 saturated carbocycles. The number of nitrogens with zero attached hydrogens (tertiary/aromatic N) is 2. The summed E-state index contributed by atoms with van der Waals surface area (Å²) in [5.41, 5.74) is -0.789. The van der Waals surface area contributed by atoms with Crippen molar-refractivity contribution in [2.24, 2.45) is 5.92 Å². The smallest absolute Gasteiger partial charge is 0.418 e. The zero-order chi connectivity index (χ0) is 18.0. The first-order valence-electron chi connectivity index (χ1n) is 8.50. The van der Waals surface area contributed by atoms with Crippen molar-refractivity contribution >= 4 is 11.6 Å². The summed E-state index contributed by atoms with van der Waals surface area (Å²) >= 11 is 0. The van der Waals surface area contributed by atoms with Crippen LogP contribution in [0.2, 0.25) is 0 Å². The molecule has 1 unspecified atom stereocenters. The van der Waals surface area contributed by atoms with E-state index in [1.165, 1.54) is 6.08 Å². The van der Waals surface area contributed by atoms with Crippen LogP contribution in [-0.2, 0) is 11.0 Å². The molecule has 2 atom stereocenters. The van der Waals surface area contributed by atoms with Crippen LogP contribution < -0.4 is 9.64 Å². The van der Waals surface area contributed by atoms with Crippen LogP contribution in [0.25, 0.3) is 0 Å². The van der Waals surface area contributed by atoms with E-state index >= 15 is 0 Å². The van der Waals surface area contributed by atoms with Crippen molar-refractivity contribution in [2.45, 2.75) is 44.3 Å². The standard InChI is InChI=1S/C18H21F3N2O2/c1-2-15(24)4-3-12-5-7-23-14(9-12)6-8-25-16-10-13(18(19,20)21)11-22-17(16)23/h2,10-12,14H,1,3-9H2/t12?,14-/m0/s1. The number of ether oxygens (including phenoxy) is 1. The van der Waals surface area contributed by atoms with E-state index in [1.54, 1.807) is 0 Å². The van der Waals surface area contributed by atoms with Gasteiger partial charge in [-0.2, -0.15) is 13.2 Å². The fourth-order valence-corrected chi connectivity index (χ4v) is 3.62. The molecule has 0 N–H and O–H groups in total. The molecule has 0 amide bonds. The molecule has 0 spiro atoms. The third kappa shape index (κ3) is 3.96. The van der Waals surface area contributed by atoms with Gasteiger partial charge in [-0.1, -0.05) is 6.58 Å². The monoisotopic (exact) mass is 354 g/mol. The molecule has 0 aliphatic carbocycles. The predicted octanol–water partition coefficient (Wildman–Crippen LogP) is 4.00. The van der Waals surface area contributed by atoms with Crippen molar-refractivity contribution in [2.75, 3.05) is 18.1 Å². The third-order valence-electron chi connectivity index (χ3n) is 4.99. The summed E-state index contributed by atoms with van der Waals surface area (Å²) in [5.74, 6) is 1.19. The van der Waals surface area contributed by atoms with Crippen LogP contribution in [0.15, 0.2) is 24.9 Å². The van der Waals surface area contributed by atoms with Crippen LogP contribution in [0.1, 0.15) is 37.7 Å². The normalized spacial score (nSPS) is 23.1. The molecule has 1 fully saturated rings. The van der Waals surface area contributed by atoms with Gasteiger partial charge in [-0.3, -0.25) is 4.79 Å². The lowest BCUT2D eigenvalue weighted by Crippen LogP contribution is -2.43. The second-order valence-corrected chi connectivity index (χ2v) is 6.63. The number of rotatable bonds is 4. The number of carbonyl (C=O) groups excluding carboxylic acids is 1. The van der Waals surface area contributed by atoms with Gasteiger partial charge in [0, 0.05) is 31.6 Å². The summed E-state index contributed by atoms with van der Waals surface area (Å²) < 4.78 is 44.2. The Bertz CT molecular complexity index is 660. The number of aromatic nitrogens is 1. The number of allylic oxidation sites excluding steroid dienone is 1. The summed E-state index contributed by atoms with van der Waals surface area (Å²) in [5, 5.41) is 0. The molecule has 4 nitrogen and oxygen atoms in total. The van der Waals surface area contributed by atoms with Crippen LogP contribution in [0.5, 0.6) is 5.75 Å². The molecule has 1 aromatic heterocycles. The molecule has 2 aliphatic heterocycles. The Morgan fingerprint density at radius 3 is 2.96 bits per heavy atom. The average molecular weight is 354 g/mol. The topological polar surface area (TPSA) is 42.4 Å². The van der Waals surface area contributed by atoms with Crippen molar-refractivity contribution in [3.63, 3.8) is 0 Å². The van der Waals surface area contributed by atoms with Crippen LogP contribution in [0, 0.1) is 5.92 Å². The third-order valence-corrected chi connectivity index (χ3v) is 4.99. The van der Waals surface area contributed by atoms with Crippen LogP contribution in [0.4, 0.5) is 19.0 Å². The molecule has 7 heteroatoms. The molecular formula is C18H21F3N2O2. The van der Waals surface area contributed by atoms with Crippen LogP contribution in [-0.4, -0.2) is 30.0 Å². The van der Waals surface area contributed by atoms with Gasteiger partial charge in [0.15, 0.2) is 17.4 Å². The Morgan fingerprint density at radius 2 is 2.24 bits per heavy atom. The van der Waals surface area contributed by atoms with Gasteiger partial charge in [0.1, 0.15) is 0 Å². The number of anilines is 1. The fourth-order valence-electron chi connectivity index (χ4n) is 3.62. The van der Waals surface area contributed by atoms with Gasteiger partial charge in [0.2, 0.25) is 0 Å². The van der Waals surface area contributed by atoms with E-state index in [0.29, 0.717) is 31.3 Å². The zero-order valence-electron chi connectivity index (χ0n) is 13.9. The number of hydrogen-bond donors (Lipinski definition) is 0. The van der Waals surface area contributed by atoms with Gasteiger partial charge < -0.3 is 9.64 Å². The quantitative estimate of drug-likeness (QED) is 0.767. The summed E-state index contributed by atoms with van der Waals surface area (Å²) in [4.78, 5) is 17.5. The average Bonchev–Trinajstić information content (AvgIpc) is 2.77. The van der Waals surface area contributed by atoms with Crippen molar-refractivity contribution in [1.29, 1.82) is 0 Å².